The van der Waals surface area contributed by atoms with E-state index in [-0.39, 0.29) is 0 Å². The Balaban J connectivity index is 2.00. The summed E-state index contributed by atoms with van der Waals surface area (Å²) in [5, 5.41) is 3.21. The van der Waals surface area contributed by atoms with E-state index in [0.29, 0.717) is 13.2 Å². The Kier molecular flexibility index (Phi) is 4.46. The van der Waals surface area contributed by atoms with Crippen LogP contribution < -0.4 is 10.1 Å². The van der Waals surface area contributed by atoms with Gasteiger partial charge >= 0.3 is 0 Å². The maximum Gasteiger partial charge on any atom is 0.169 e. The molecule has 0 aliphatic heterocycles. The SMILES string of the molecule is CCCOc1cccnc1NCc1ccncn1. The Morgan fingerprint density at radius 1 is 1.22 bits per heavy atom. The highest BCUT2D eigenvalue weighted by atomic mass is 16.5. The van der Waals surface area contributed by atoms with Gasteiger partial charge in [-0.1, -0.05) is 6.92 Å². The van der Waals surface area contributed by atoms with Crippen molar-refractivity contribution < 1.29 is 4.74 Å². The van der Waals surface area contributed by atoms with Crippen molar-refractivity contribution in [2.24, 2.45) is 0 Å². The summed E-state index contributed by atoms with van der Waals surface area (Å²) in [4.78, 5) is 12.3. The van der Waals surface area contributed by atoms with Crippen LogP contribution in [0.5, 0.6) is 5.75 Å². The molecular formula is C13H16N4O. The third-order valence-corrected chi connectivity index (χ3v) is 2.31. The predicted molar refractivity (Wildman–Crippen MR) is 69.4 cm³/mol. The summed E-state index contributed by atoms with van der Waals surface area (Å²) >= 11 is 0. The van der Waals surface area contributed by atoms with Crippen LogP contribution in [0.25, 0.3) is 0 Å². The van der Waals surface area contributed by atoms with E-state index in [1.807, 2.05) is 18.2 Å². The fourth-order valence-corrected chi connectivity index (χ4v) is 1.45. The van der Waals surface area contributed by atoms with Crippen molar-refractivity contribution >= 4 is 5.82 Å². The van der Waals surface area contributed by atoms with E-state index in [2.05, 4.69) is 27.2 Å². The smallest absolute Gasteiger partial charge is 0.169 e. The first-order valence-electron chi connectivity index (χ1n) is 5.96. The normalized spacial score (nSPS) is 10.1. The molecule has 0 unspecified atom stereocenters. The molecule has 0 aromatic carbocycles. The van der Waals surface area contributed by atoms with E-state index < -0.39 is 0 Å². The molecule has 0 aliphatic rings. The molecule has 1 N–H and O–H groups in total. The Hall–Kier alpha value is -2.17. The average Bonchev–Trinajstić information content (AvgIpc) is 2.45. The van der Waals surface area contributed by atoms with E-state index in [1.54, 1.807) is 12.4 Å². The molecule has 0 radical (unpaired) electrons. The van der Waals surface area contributed by atoms with Gasteiger partial charge in [-0.05, 0) is 24.6 Å². The Bertz CT molecular complexity index is 475. The van der Waals surface area contributed by atoms with Gasteiger partial charge in [-0.2, -0.15) is 0 Å². The van der Waals surface area contributed by atoms with E-state index in [9.17, 15) is 0 Å². The number of pyridine rings is 1. The average molecular weight is 244 g/mol. The van der Waals surface area contributed by atoms with Crippen molar-refractivity contribution in [2.45, 2.75) is 19.9 Å². The molecule has 2 rings (SSSR count). The monoisotopic (exact) mass is 244 g/mol. The zero-order valence-corrected chi connectivity index (χ0v) is 10.3. The molecule has 2 aromatic rings. The lowest BCUT2D eigenvalue weighted by Gasteiger charge is -2.11. The van der Waals surface area contributed by atoms with Crippen LogP contribution in [0.1, 0.15) is 19.0 Å². The third-order valence-electron chi connectivity index (χ3n) is 2.31. The number of nitrogens with zero attached hydrogens (tertiary/aromatic N) is 3. The predicted octanol–water partition coefficient (Wildman–Crippen LogP) is 2.27. The van der Waals surface area contributed by atoms with Gasteiger partial charge in [0.15, 0.2) is 11.6 Å². The zero-order chi connectivity index (χ0) is 12.6. The van der Waals surface area contributed by atoms with E-state index in [4.69, 9.17) is 4.74 Å². The molecule has 5 heteroatoms. The van der Waals surface area contributed by atoms with E-state index in [1.165, 1.54) is 6.33 Å². The topological polar surface area (TPSA) is 59.9 Å². The molecule has 0 bridgehead atoms. The molecule has 0 saturated heterocycles. The number of ether oxygens (including phenoxy) is 1. The lowest BCUT2D eigenvalue weighted by molar-refractivity contribution is 0.318. The van der Waals surface area contributed by atoms with Crippen LogP contribution in [0.15, 0.2) is 36.9 Å². The molecule has 0 amide bonds. The number of rotatable bonds is 6. The highest BCUT2D eigenvalue weighted by Gasteiger charge is 2.03. The van der Waals surface area contributed by atoms with Crippen LogP contribution in [0.4, 0.5) is 5.82 Å². The van der Waals surface area contributed by atoms with Gasteiger partial charge in [0.2, 0.25) is 0 Å². The fourth-order valence-electron chi connectivity index (χ4n) is 1.45. The molecule has 0 spiro atoms. The van der Waals surface area contributed by atoms with Crippen molar-refractivity contribution in [3.8, 4) is 5.75 Å². The van der Waals surface area contributed by atoms with Gasteiger partial charge in [0, 0.05) is 12.4 Å². The second kappa shape index (κ2) is 6.54. The van der Waals surface area contributed by atoms with Crippen molar-refractivity contribution in [1.82, 2.24) is 15.0 Å². The summed E-state index contributed by atoms with van der Waals surface area (Å²) in [6.07, 6.45) is 5.96. The van der Waals surface area contributed by atoms with Gasteiger partial charge < -0.3 is 10.1 Å². The van der Waals surface area contributed by atoms with Gasteiger partial charge in [0.05, 0.1) is 18.8 Å². The molecular weight excluding hydrogens is 228 g/mol. The van der Waals surface area contributed by atoms with E-state index in [0.717, 1.165) is 23.7 Å². The van der Waals surface area contributed by atoms with Gasteiger partial charge in [0.25, 0.3) is 0 Å². The molecule has 0 saturated carbocycles. The lowest BCUT2D eigenvalue weighted by Crippen LogP contribution is -2.06. The molecule has 5 nitrogen and oxygen atoms in total. The van der Waals surface area contributed by atoms with Gasteiger partial charge in [-0.15, -0.1) is 0 Å². The first kappa shape index (κ1) is 12.3. The standard InChI is InChI=1S/C13H16N4O/c1-2-8-18-12-4-3-6-15-13(12)16-9-11-5-7-14-10-17-11/h3-7,10H,2,8-9H2,1H3,(H,15,16). The summed E-state index contributed by atoms with van der Waals surface area (Å²) in [6, 6.07) is 5.63. The number of anilines is 1. The summed E-state index contributed by atoms with van der Waals surface area (Å²) in [6.45, 7) is 3.36. The molecule has 94 valence electrons. The highest BCUT2D eigenvalue weighted by molar-refractivity contribution is 5.49. The van der Waals surface area contributed by atoms with Crippen molar-refractivity contribution in [3.05, 3.63) is 42.6 Å². The Labute approximate surface area is 106 Å². The Morgan fingerprint density at radius 3 is 2.94 bits per heavy atom. The molecule has 0 fully saturated rings. The minimum absolute atomic E-state index is 0.599. The first-order valence-corrected chi connectivity index (χ1v) is 5.96. The van der Waals surface area contributed by atoms with Gasteiger partial charge in [-0.3, -0.25) is 0 Å². The quantitative estimate of drug-likeness (QED) is 0.844. The highest BCUT2D eigenvalue weighted by Crippen LogP contribution is 2.21. The zero-order valence-electron chi connectivity index (χ0n) is 10.3. The maximum absolute atomic E-state index is 5.62. The lowest BCUT2D eigenvalue weighted by atomic mass is 10.3. The fraction of sp³-hybridized carbons (Fsp3) is 0.308. The van der Waals surface area contributed by atoms with Gasteiger partial charge in [-0.25, -0.2) is 15.0 Å². The number of nitrogens with one attached hydrogen (secondary N) is 1. The minimum Gasteiger partial charge on any atom is -0.490 e. The van der Waals surface area contributed by atoms with Crippen LogP contribution in [-0.4, -0.2) is 21.6 Å². The Morgan fingerprint density at radius 2 is 2.17 bits per heavy atom. The third kappa shape index (κ3) is 3.41. The van der Waals surface area contributed by atoms with Crippen molar-refractivity contribution in [3.63, 3.8) is 0 Å². The van der Waals surface area contributed by atoms with Crippen LogP contribution in [0, 0.1) is 0 Å². The largest absolute Gasteiger partial charge is 0.490 e. The first-order chi connectivity index (χ1) is 8.90. The number of hydrogen-bond donors (Lipinski definition) is 1. The summed E-state index contributed by atoms with van der Waals surface area (Å²) in [5.74, 6) is 1.51. The van der Waals surface area contributed by atoms with Crippen molar-refractivity contribution in [1.29, 1.82) is 0 Å². The summed E-state index contributed by atoms with van der Waals surface area (Å²) in [7, 11) is 0. The summed E-state index contributed by atoms with van der Waals surface area (Å²) in [5.41, 5.74) is 0.914. The van der Waals surface area contributed by atoms with Crippen LogP contribution in [0.3, 0.4) is 0 Å². The maximum atomic E-state index is 5.62. The molecule has 2 aromatic heterocycles. The van der Waals surface area contributed by atoms with Crippen LogP contribution in [0.2, 0.25) is 0 Å². The number of hydrogen-bond acceptors (Lipinski definition) is 5. The van der Waals surface area contributed by atoms with Crippen LogP contribution in [-0.2, 0) is 6.54 Å². The second-order valence-corrected chi connectivity index (χ2v) is 3.75. The molecule has 0 aliphatic carbocycles. The second-order valence-electron chi connectivity index (χ2n) is 3.75. The van der Waals surface area contributed by atoms with E-state index >= 15 is 0 Å². The molecule has 0 atom stereocenters. The van der Waals surface area contributed by atoms with Crippen molar-refractivity contribution in [2.75, 3.05) is 11.9 Å². The van der Waals surface area contributed by atoms with Gasteiger partial charge in [0.1, 0.15) is 6.33 Å². The molecule has 2 heterocycles. The minimum atomic E-state index is 0.599. The van der Waals surface area contributed by atoms with Crippen LogP contribution >= 0.6 is 0 Å². The molecule has 18 heavy (non-hydrogen) atoms. The summed E-state index contributed by atoms with van der Waals surface area (Å²) < 4.78 is 5.62. The number of aromatic nitrogens is 3.